The van der Waals surface area contributed by atoms with Crippen molar-refractivity contribution in [3.05, 3.63) is 0 Å². The van der Waals surface area contributed by atoms with Crippen LogP contribution in [0.4, 0.5) is 0 Å². The maximum absolute atomic E-state index is 11.5. The molecule has 0 bridgehead atoms. The summed E-state index contributed by atoms with van der Waals surface area (Å²) in [6.45, 7) is 1.46. The van der Waals surface area contributed by atoms with E-state index in [-0.39, 0.29) is 5.91 Å². The third-order valence-corrected chi connectivity index (χ3v) is 5.04. The molecule has 0 heterocycles. The van der Waals surface area contributed by atoms with Gasteiger partial charge in [0.15, 0.2) is 0 Å². The lowest BCUT2D eigenvalue weighted by molar-refractivity contribution is -0.120. The average Bonchev–Trinajstić information content (AvgIpc) is 2.96. The largest absolute Gasteiger partial charge is 0.352 e. The number of hydrogen-bond donors (Lipinski definition) is 2. The van der Waals surface area contributed by atoms with E-state index in [4.69, 9.17) is 0 Å². The molecule has 0 saturated heterocycles. The van der Waals surface area contributed by atoms with Crippen LogP contribution < -0.4 is 10.6 Å². The molecule has 4 heteroatoms. The van der Waals surface area contributed by atoms with Gasteiger partial charge in [-0.05, 0) is 31.9 Å². The molecule has 1 amide bonds. The van der Waals surface area contributed by atoms with Crippen molar-refractivity contribution in [2.24, 2.45) is 0 Å². The lowest BCUT2D eigenvalue weighted by Gasteiger charge is -2.26. The van der Waals surface area contributed by atoms with Gasteiger partial charge >= 0.3 is 0 Å². The number of hydrogen-bond acceptors (Lipinski definition) is 3. The molecule has 0 atom stereocenters. The summed E-state index contributed by atoms with van der Waals surface area (Å²) >= 11 is 1.96. The van der Waals surface area contributed by atoms with E-state index in [0.29, 0.717) is 17.3 Å². The molecular weight excluding hydrogens is 220 g/mol. The quantitative estimate of drug-likeness (QED) is 0.742. The van der Waals surface area contributed by atoms with Gasteiger partial charge in [0.2, 0.25) is 5.91 Å². The third kappa shape index (κ3) is 3.39. The van der Waals surface area contributed by atoms with Crippen LogP contribution in [0.25, 0.3) is 0 Å². The summed E-state index contributed by atoms with van der Waals surface area (Å²) < 4.78 is 0.403. The maximum atomic E-state index is 11.5. The second kappa shape index (κ2) is 5.41. The molecule has 0 aromatic heterocycles. The first kappa shape index (κ1) is 12.2. The van der Waals surface area contributed by atoms with E-state index in [0.717, 1.165) is 6.54 Å². The minimum atomic E-state index is 0.164. The number of carbonyl (C=O) groups is 1. The lowest BCUT2D eigenvalue weighted by Crippen LogP contribution is -2.41. The van der Waals surface area contributed by atoms with Crippen LogP contribution in [0.1, 0.15) is 38.5 Å². The molecule has 16 heavy (non-hydrogen) atoms. The Bertz CT molecular complexity index is 247. The maximum Gasteiger partial charge on any atom is 0.234 e. The monoisotopic (exact) mass is 242 g/mol. The van der Waals surface area contributed by atoms with Gasteiger partial charge in [-0.15, -0.1) is 0 Å². The highest BCUT2D eigenvalue weighted by atomic mass is 32.2. The van der Waals surface area contributed by atoms with E-state index in [1.165, 1.54) is 38.5 Å². The Labute approximate surface area is 102 Å². The predicted molar refractivity (Wildman–Crippen MR) is 68.7 cm³/mol. The van der Waals surface area contributed by atoms with Crippen LogP contribution in [0.15, 0.2) is 0 Å². The van der Waals surface area contributed by atoms with E-state index in [1.807, 2.05) is 11.8 Å². The first-order chi connectivity index (χ1) is 7.74. The summed E-state index contributed by atoms with van der Waals surface area (Å²) in [5.74, 6) is 0.164. The Hall–Kier alpha value is -0.220. The minimum Gasteiger partial charge on any atom is -0.352 e. The average molecular weight is 242 g/mol. The predicted octanol–water partition coefficient (Wildman–Crippen LogP) is 1.53. The molecule has 0 aromatic rings. The number of nitrogens with one attached hydrogen (secondary N) is 2. The summed E-state index contributed by atoms with van der Waals surface area (Å²) in [5, 5.41) is 6.32. The summed E-state index contributed by atoms with van der Waals surface area (Å²) in [7, 11) is 0. The normalized spacial score (nSPS) is 23.3. The fourth-order valence-electron chi connectivity index (χ4n) is 2.38. The molecule has 2 saturated carbocycles. The van der Waals surface area contributed by atoms with Crippen molar-refractivity contribution in [3.8, 4) is 0 Å². The van der Waals surface area contributed by atoms with Crippen molar-refractivity contribution in [3.63, 3.8) is 0 Å². The molecule has 92 valence electrons. The lowest BCUT2D eigenvalue weighted by atomic mass is 10.1. The molecular formula is C12H22N2OS. The van der Waals surface area contributed by atoms with Crippen LogP contribution in [-0.4, -0.2) is 36.0 Å². The molecule has 2 N–H and O–H groups in total. The van der Waals surface area contributed by atoms with Crippen LogP contribution in [-0.2, 0) is 4.79 Å². The summed E-state index contributed by atoms with van der Waals surface area (Å²) in [5.41, 5.74) is 0. The second-order valence-corrected chi connectivity index (χ2v) is 6.31. The SMILES string of the molecule is CSC1(CNCC(=O)NC2CC2)CCCC1. The fraction of sp³-hybridized carbons (Fsp3) is 0.917. The van der Waals surface area contributed by atoms with Gasteiger partial charge in [0.05, 0.1) is 6.54 Å². The fourth-order valence-corrected chi connectivity index (χ4v) is 3.33. The van der Waals surface area contributed by atoms with E-state index in [1.54, 1.807) is 0 Å². The van der Waals surface area contributed by atoms with Crippen molar-refractivity contribution in [2.45, 2.75) is 49.3 Å². The zero-order valence-corrected chi connectivity index (χ0v) is 10.9. The Morgan fingerprint density at radius 3 is 2.62 bits per heavy atom. The van der Waals surface area contributed by atoms with Gasteiger partial charge in [-0.25, -0.2) is 0 Å². The molecule has 2 fully saturated rings. The number of thioether (sulfide) groups is 1. The van der Waals surface area contributed by atoms with Crippen molar-refractivity contribution >= 4 is 17.7 Å². The molecule has 0 spiro atoms. The molecule has 2 aliphatic rings. The highest BCUT2D eigenvalue weighted by Gasteiger charge is 2.32. The van der Waals surface area contributed by atoms with Gasteiger partial charge in [0.25, 0.3) is 0 Å². The van der Waals surface area contributed by atoms with Crippen molar-refractivity contribution in [1.29, 1.82) is 0 Å². The van der Waals surface area contributed by atoms with Gasteiger partial charge in [-0.1, -0.05) is 12.8 Å². The Balaban J connectivity index is 1.63. The molecule has 0 unspecified atom stereocenters. The third-order valence-electron chi connectivity index (χ3n) is 3.62. The molecule has 0 aromatic carbocycles. The smallest absolute Gasteiger partial charge is 0.234 e. The molecule has 2 aliphatic carbocycles. The number of rotatable bonds is 6. The first-order valence-electron chi connectivity index (χ1n) is 6.29. The summed E-state index contributed by atoms with van der Waals surface area (Å²) in [6.07, 6.45) is 9.81. The van der Waals surface area contributed by atoms with Gasteiger partial charge in [0.1, 0.15) is 0 Å². The van der Waals surface area contributed by atoms with Gasteiger partial charge in [-0.3, -0.25) is 4.79 Å². The first-order valence-corrected chi connectivity index (χ1v) is 7.52. The van der Waals surface area contributed by atoms with Gasteiger partial charge in [-0.2, -0.15) is 11.8 Å². The summed E-state index contributed by atoms with van der Waals surface area (Å²) in [6, 6.07) is 0.482. The van der Waals surface area contributed by atoms with E-state index >= 15 is 0 Å². The number of amides is 1. The molecule has 2 rings (SSSR count). The van der Waals surface area contributed by atoms with E-state index < -0.39 is 0 Å². The Morgan fingerprint density at radius 1 is 1.38 bits per heavy atom. The standard InChI is InChI=1S/C12H22N2OS/c1-16-12(6-2-3-7-12)9-13-8-11(15)14-10-4-5-10/h10,13H,2-9H2,1H3,(H,14,15). The van der Waals surface area contributed by atoms with Crippen LogP contribution in [0.5, 0.6) is 0 Å². The van der Waals surface area contributed by atoms with Crippen molar-refractivity contribution in [2.75, 3.05) is 19.3 Å². The zero-order valence-electron chi connectivity index (χ0n) is 10.1. The number of carbonyl (C=O) groups excluding carboxylic acids is 1. The van der Waals surface area contributed by atoms with Crippen molar-refractivity contribution < 1.29 is 4.79 Å². The topological polar surface area (TPSA) is 41.1 Å². The van der Waals surface area contributed by atoms with Crippen molar-refractivity contribution in [1.82, 2.24) is 10.6 Å². The zero-order chi connectivity index (χ0) is 11.4. The molecule has 3 nitrogen and oxygen atoms in total. The van der Waals surface area contributed by atoms with Crippen LogP contribution in [0.2, 0.25) is 0 Å². The molecule has 0 aliphatic heterocycles. The molecule has 0 radical (unpaired) electrons. The van der Waals surface area contributed by atoms with Gasteiger partial charge < -0.3 is 10.6 Å². The van der Waals surface area contributed by atoms with Crippen LogP contribution >= 0.6 is 11.8 Å². The minimum absolute atomic E-state index is 0.164. The van der Waals surface area contributed by atoms with Crippen LogP contribution in [0.3, 0.4) is 0 Å². The van der Waals surface area contributed by atoms with Gasteiger partial charge in [0, 0.05) is 17.3 Å². The highest BCUT2D eigenvalue weighted by Crippen LogP contribution is 2.39. The Kier molecular flexibility index (Phi) is 4.14. The van der Waals surface area contributed by atoms with Crippen LogP contribution in [0, 0.1) is 0 Å². The van der Waals surface area contributed by atoms with E-state index in [2.05, 4.69) is 16.9 Å². The summed E-state index contributed by atoms with van der Waals surface area (Å²) in [4.78, 5) is 11.5. The Morgan fingerprint density at radius 2 is 2.06 bits per heavy atom. The second-order valence-electron chi connectivity index (χ2n) is 5.04. The van der Waals surface area contributed by atoms with E-state index in [9.17, 15) is 4.79 Å². The highest BCUT2D eigenvalue weighted by molar-refractivity contribution is 8.00.